The molecule has 0 heterocycles. The van der Waals surface area contributed by atoms with E-state index in [-0.39, 0.29) is 5.91 Å². The average Bonchev–Trinajstić information content (AvgIpc) is 3.15. The summed E-state index contributed by atoms with van der Waals surface area (Å²) >= 11 is 0. The van der Waals surface area contributed by atoms with Crippen LogP contribution in [0.5, 0.6) is 0 Å². The largest absolute Gasteiger partial charge is 0.352 e. The lowest BCUT2D eigenvalue weighted by Crippen LogP contribution is -2.42. The van der Waals surface area contributed by atoms with Gasteiger partial charge in [0, 0.05) is 6.04 Å². The average molecular weight is 252 g/mol. The summed E-state index contributed by atoms with van der Waals surface area (Å²) in [5, 5.41) is 6.43. The number of nitrogens with one attached hydrogen (secondary N) is 2. The first-order valence-electron chi connectivity index (χ1n) is 7.76. The van der Waals surface area contributed by atoms with Crippen LogP contribution in [0.25, 0.3) is 0 Å². The monoisotopic (exact) mass is 252 g/mol. The molecule has 0 saturated heterocycles. The van der Waals surface area contributed by atoms with Crippen molar-refractivity contribution in [3.05, 3.63) is 0 Å². The van der Waals surface area contributed by atoms with E-state index in [4.69, 9.17) is 0 Å². The lowest BCUT2D eigenvalue weighted by Gasteiger charge is -2.23. The molecule has 3 heteroatoms. The topological polar surface area (TPSA) is 41.1 Å². The molecular weight excluding hydrogens is 224 g/mol. The molecule has 2 fully saturated rings. The smallest absolute Gasteiger partial charge is 0.234 e. The van der Waals surface area contributed by atoms with Gasteiger partial charge >= 0.3 is 0 Å². The zero-order chi connectivity index (χ0) is 12.8. The third kappa shape index (κ3) is 4.97. The summed E-state index contributed by atoms with van der Waals surface area (Å²) in [5.74, 6) is 1.71. The number of carbonyl (C=O) groups excluding carboxylic acids is 1. The second kappa shape index (κ2) is 7.13. The Morgan fingerprint density at radius 1 is 1.11 bits per heavy atom. The van der Waals surface area contributed by atoms with Crippen molar-refractivity contribution < 1.29 is 4.79 Å². The van der Waals surface area contributed by atoms with Crippen LogP contribution in [-0.2, 0) is 4.79 Å². The Balaban J connectivity index is 1.61. The number of hydrogen-bond acceptors (Lipinski definition) is 2. The standard InChI is InChI=1S/C15H28N2O/c1-12(14-6-4-2-3-5-7-14)17-15(18)11-16-10-13-8-9-13/h12-14,16H,2-11H2,1H3,(H,17,18)/t12-/m0/s1. The van der Waals surface area contributed by atoms with Gasteiger partial charge in [0.25, 0.3) is 0 Å². The molecule has 2 aliphatic carbocycles. The predicted molar refractivity (Wildman–Crippen MR) is 74.4 cm³/mol. The van der Waals surface area contributed by atoms with Crippen molar-refractivity contribution in [3.8, 4) is 0 Å². The van der Waals surface area contributed by atoms with Gasteiger partial charge in [0.2, 0.25) is 5.91 Å². The van der Waals surface area contributed by atoms with Crippen molar-refractivity contribution in [3.63, 3.8) is 0 Å². The van der Waals surface area contributed by atoms with Crippen LogP contribution >= 0.6 is 0 Å². The maximum absolute atomic E-state index is 11.8. The highest BCUT2D eigenvalue weighted by atomic mass is 16.1. The van der Waals surface area contributed by atoms with E-state index < -0.39 is 0 Å². The van der Waals surface area contributed by atoms with E-state index in [1.165, 1.54) is 51.4 Å². The van der Waals surface area contributed by atoms with E-state index in [9.17, 15) is 4.79 Å². The highest BCUT2D eigenvalue weighted by Gasteiger charge is 2.22. The normalized spacial score (nSPS) is 23.4. The lowest BCUT2D eigenvalue weighted by molar-refractivity contribution is -0.121. The second-order valence-corrected chi connectivity index (χ2v) is 6.18. The predicted octanol–water partition coefficient (Wildman–Crippen LogP) is 2.46. The number of amides is 1. The molecule has 0 aromatic carbocycles. The molecule has 2 saturated carbocycles. The molecule has 0 unspecified atom stereocenters. The minimum atomic E-state index is 0.174. The Morgan fingerprint density at radius 2 is 1.78 bits per heavy atom. The van der Waals surface area contributed by atoms with Crippen LogP contribution < -0.4 is 10.6 Å². The van der Waals surface area contributed by atoms with Crippen molar-refractivity contribution in [1.29, 1.82) is 0 Å². The Labute approximate surface area is 111 Å². The van der Waals surface area contributed by atoms with Crippen LogP contribution in [0.1, 0.15) is 58.3 Å². The van der Waals surface area contributed by atoms with Gasteiger partial charge in [0.15, 0.2) is 0 Å². The van der Waals surface area contributed by atoms with E-state index in [2.05, 4.69) is 17.6 Å². The molecule has 0 aromatic heterocycles. The quantitative estimate of drug-likeness (QED) is 0.713. The maximum Gasteiger partial charge on any atom is 0.234 e. The fraction of sp³-hybridized carbons (Fsp3) is 0.933. The van der Waals surface area contributed by atoms with E-state index in [0.717, 1.165) is 12.5 Å². The minimum Gasteiger partial charge on any atom is -0.352 e. The van der Waals surface area contributed by atoms with Gasteiger partial charge in [-0.2, -0.15) is 0 Å². The second-order valence-electron chi connectivity index (χ2n) is 6.18. The Kier molecular flexibility index (Phi) is 5.48. The minimum absolute atomic E-state index is 0.174. The van der Waals surface area contributed by atoms with Crippen molar-refractivity contribution in [2.24, 2.45) is 11.8 Å². The summed E-state index contributed by atoms with van der Waals surface area (Å²) in [6.07, 6.45) is 10.7. The molecule has 3 nitrogen and oxygen atoms in total. The zero-order valence-electron chi connectivity index (χ0n) is 11.7. The van der Waals surface area contributed by atoms with Crippen LogP contribution in [0, 0.1) is 11.8 Å². The van der Waals surface area contributed by atoms with Gasteiger partial charge in [-0.25, -0.2) is 0 Å². The molecule has 0 aromatic rings. The summed E-state index contributed by atoms with van der Waals surface area (Å²) in [5.41, 5.74) is 0. The molecular formula is C15H28N2O. The van der Waals surface area contributed by atoms with Gasteiger partial charge in [-0.3, -0.25) is 4.79 Å². The number of carbonyl (C=O) groups is 1. The third-order valence-electron chi connectivity index (χ3n) is 4.41. The summed E-state index contributed by atoms with van der Waals surface area (Å²) in [4.78, 5) is 11.8. The molecule has 1 atom stereocenters. The Morgan fingerprint density at radius 3 is 2.39 bits per heavy atom. The van der Waals surface area contributed by atoms with E-state index in [1.807, 2.05) is 0 Å². The van der Waals surface area contributed by atoms with Crippen LogP contribution in [0.15, 0.2) is 0 Å². The summed E-state index contributed by atoms with van der Waals surface area (Å²) in [6, 6.07) is 0.346. The first-order chi connectivity index (χ1) is 8.75. The highest BCUT2D eigenvalue weighted by Crippen LogP contribution is 2.27. The third-order valence-corrected chi connectivity index (χ3v) is 4.41. The molecule has 0 spiro atoms. The van der Waals surface area contributed by atoms with Gasteiger partial charge < -0.3 is 10.6 Å². The molecule has 104 valence electrons. The lowest BCUT2D eigenvalue weighted by atomic mass is 9.93. The molecule has 0 bridgehead atoms. The zero-order valence-corrected chi connectivity index (χ0v) is 11.7. The van der Waals surface area contributed by atoms with Gasteiger partial charge in [0.1, 0.15) is 0 Å². The first kappa shape index (κ1) is 13.9. The number of hydrogen-bond donors (Lipinski definition) is 2. The SMILES string of the molecule is C[C@H](NC(=O)CNCC1CC1)C1CCCCCC1. The van der Waals surface area contributed by atoms with Crippen molar-refractivity contribution in [2.45, 2.75) is 64.3 Å². The van der Waals surface area contributed by atoms with Crippen molar-refractivity contribution in [1.82, 2.24) is 10.6 Å². The first-order valence-corrected chi connectivity index (χ1v) is 7.76. The summed E-state index contributed by atoms with van der Waals surface area (Å²) < 4.78 is 0. The summed E-state index contributed by atoms with van der Waals surface area (Å²) in [6.45, 7) is 3.69. The molecule has 1 amide bonds. The van der Waals surface area contributed by atoms with Gasteiger partial charge in [-0.1, -0.05) is 25.7 Å². The van der Waals surface area contributed by atoms with Crippen LogP contribution in [0.2, 0.25) is 0 Å². The fourth-order valence-corrected chi connectivity index (χ4v) is 2.95. The van der Waals surface area contributed by atoms with Crippen molar-refractivity contribution >= 4 is 5.91 Å². The van der Waals surface area contributed by atoms with Gasteiger partial charge in [-0.05, 0) is 51.0 Å². The van der Waals surface area contributed by atoms with Crippen molar-refractivity contribution in [2.75, 3.05) is 13.1 Å². The van der Waals surface area contributed by atoms with Crippen LogP contribution in [0.4, 0.5) is 0 Å². The molecule has 0 radical (unpaired) electrons. The van der Waals surface area contributed by atoms with E-state index in [1.54, 1.807) is 0 Å². The molecule has 18 heavy (non-hydrogen) atoms. The van der Waals surface area contributed by atoms with Gasteiger partial charge in [-0.15, -0.1) is 0 Å². The molecule has 2 N–H and O–H groups in total. The Bertz CT molecular complexity index is 255. The van der Waals surface area contributed by atoms with Crippen LogP contribution in [0.3, 0.4) is 0 Å². The van der Waals surface area contributed by atoms with Gasteiger partial charge in [0.05, 0.1) is 6.54 Å². The highest BCUT2D eigenvalue weighted by molar-refractivity contribution is 5.78. The molecule has 0 aliphatic heterocycles. The summed E-state index contributed by atoms with van der Waals surface area (Å²) in [7, 11) is 0. The molecule has 2 rings (SSSR count). The Hall–Kier alpha value is -0.570. The number of rotatable bonds is 6. The van der Waals surface area contributed by atoms with Crippen LogP contribution in [-0.4, -0.2) is 25.0 Å². The fourth-order valence-electron chi connectivity index (χ4n) is 2.95. The molecule has 2 aliphatic rings. The maximum atomic E-state index is 11.8. The van der Waals surface area contributed by atoms with E-state index >= 15 is 0 Å². The van der Waals surface area contributed by atoms with E-state index in [0.29, 0.717) is 18.5 Å².